The second-order valence-corrected chi connectivity index (χ2v) is 8.51. The summed E-state index contributed by atoms with van der Waals surface area (Å²) in [6.45, 7) is 3.30. The first-order chi connectivity index (χ1) is 11.6. The number of carbonyl (C=O) groups excluding carboxylic acids is 1. The normalized spacial score (nSPS) is 33.9. The van der Waals surface area contributed by atoms with Crippen molar-refractivity contribution in [2.45, 2.75) is 51.0 Å². The molecule has 130 valence electrons. The van der Waals surface area contributed by atoms with E-state index in [1.54, 1.807) is 0 Å². The predicted octanol–water partition coefficient (Wildman–Crippen LogP) is 4.05. The summed E-state index contributed by atoms with van der Waals surface area (Å²) >= 11 is 0. The molecule has 3 nitrogen and oxygen atoms in total. The van der Waals surface area contributed by atoms with Crippen LogP contribution < -0.4 is 0 Å². The summed E-state index contributed by atoms with van der Waals surface area (Å²) in [5, 5.41) is 0. The molecule has 0 spiro atoms. The Balaban J connectivity index is 1.33. The molecule has 4 saturated carbocycles. The standard InChI is InChI=1S/C21H29NO2/c1-15-5-3-4-6-19(15)20(23)24-8-7-22(2)21-12-16-9-17(13-21)11-18(10-16)14-21/h3-6,16-18H,7-14H2,1-2H3. The maximum absolute atomic E-state index is 12.3. The average molecular weight is 327 g/mol. The number of aryl methyl sites for hydroxylation is 1. The highest BCUT2D eigenvalue weighted by Gasteiger charge is 2.52. The molecule has 4 bridgehead atoms. The van der Waals surface area contributed by atoms with Crippen LogP contribution in [0.15, 0.2) is 24.3 Å². The number of benzene rings is 1. The summed E-state index contributed by atoms with van der Waals surface area (Å²) in [7, 11) is 2.24. The van der Waals surface area contributed by atoms with Gasteiger partial charge in [0.05, 0.1) is 5.56 Å². The minimum atomic E-state index is -0.188. The van der Waals surface area contributed by atoms with E-state index in [0.29, 0.717) is 17.7 Å². The van der Waals surface area contributed by atoms with Gasteiger partial charge in [-0.15, -0.1) is 0 Å². The quantitative estimate of drug-likeness (QED) is 0.764. The molecule has 0 saturated heterocycles. The molecule has 0 amide bonds. The number of carbonyl (C=O) groups is 1. The number of rotatable bonds is 5. The van der Waals surface area contributed by atoms with Gasteiger partial charge < -0.3 is 4.74 Å². The van der Waals surface area contributed by atoms with Crippen LogP contribution >= 0.6 is 0 Å². The third-order valence-electron chi connectivity index (χ3n) is 6.84. The van der Waals surface area contributed by atoms with E-state index in [1.807, 2.05) is 31.2 Å². The molecule has 1 aromatic rings. The van der Waals surface area contributed by atoms with Crippen molar-refractivity contribution in [2.75, 3.05) is 20.2 Å². The first-order valence-electron chi connectivity index (χ1n) is 9.50. The van der Waals surface area contributed by atoms with Crippen molar-refractivity contribution in [1.29, 1.82) is 0 Å². The molecule has 3 heteroatoms. The third-order valence-corrected chi connectivity index (χ3v) is 6.84. The Hall–Kier alpha value is -1.35. The van der Waals surface area contributed by atoms with Crippen molar-refractivity contribution in [3.63, 3.8) is 0 Å². The average Bonchev–Trinajstić information content (AvgIpc) is 2.53. The van der Waals surface area contributed by atoms with E-state index in [2.05, 4.69) is 11.9 Å². The Labute approximate surface area is 145 Å². The molecule has 5 rings (SSSR count). The van der Waals surface area contributed by atoms with Gasteiger partial charge in [0.1, 0.15) is 6.61 Å². The van der Waals surface area contributed by atoms with Crippen LogP contribution in [0.4, 0.5) is 0 Å². The van der Waals surface area contributed by atoms with E-state index in [0.717, 1.165) is 29.9 Å². The van der Waals surface area contributed by atoms with Gasteiger partial charge >= 0.3 is 5.97 Å². The Bertz CT molecular complexity index is 589. The number of nitrogens with zero attached hydrogens (tertiary/aromatic N) is 1. The van der Waals surface area contributed by atoms with Gasteiger partial charge in [-0.1, -0.05) is 18.2 Å². The van der Waals surface area contributed by atoms with Gasteiger partial charge in [-0.3, -0.25) is 4.90 Å². The number of esters is 1. The van der Waals surface area contributed by atoms with Crippen LogP contribution in [-0.4, -0.2) is 36.6 Å². The van der Waals surface area contributed by atoms with E-state index >= 15 is 0 Å². The van der Waals surface area contributed by atoms with Crippen LogP contribution in [0.3, 0.4) is 0 Å². The smallest absolute Gasteiger partial charge is 0.338 e. The largest absolute Gasteiger partial charge is 0.461 e. The van der Waals surface area contributed by atoms with Crippen molar-refractivity contribution < 1.29 is 9.53 Å². The number of ether oxygens (including phenoxy) is 1. The zero-order chi connectivity index (χ0) is 16.7. The molecule has 0 heterocycles. The lowest BCUT2D eigenvalue weighted by Gasteiger charge is -2.60. The van der Waals surface area contributed by atoms with Gasteiger partial charge in [0, 0.05) is 12.1 Å². The van der Waals surface area contributed by atoms with E-state index in [1.165, 1.54) is 38.5 Å². The fourth-order valence-corrected chi connectivity index (χ4v) is 5.92. The van der Waals surface area contributed by atoms with Crippen molar-refractivity contribution in [3.8, 4) is 0 Å². The van der Waals surface area contributed by atoms with Crippen molar-refractivity contribution >= 4 is 5.97 Å². The van der Waals surface area contributed by atoms with Crippen LogP contribution in [0, 0.1) is 24.7 Å². The highest BCUT2D eigenvalue weighted by Crippen LogP contribution is 2.57. The zero-order valence-corrected chi connectivity index (χ0v) is 15.0. The topological polar surface area (TPSA) is 29.5 Å². The molecule has 4 aliphatic carbocycles. The van der Waals surface area contributed by atoms with Gasteiger partial charge in [-0.2, -0.15) is 0 Å². The summed E-state index contributed by atoms with van der Waals surface area (Å²) in [6.07, 6.45) is 8.49. The Morgan fingerprint density at radius 2 is 1.71 bits per heavy atom. The SMILES string of the molecule is Cc1ccccc1C(=O)OCCN(C)C12CC3CC(CC(C3)C1)C2. The maximum atomic E-state index is 12.3. The second kappa shape index (κ2) is 6.18. The van der Waals surface area contributed by atoms with E-state index in [-0.39, 0.29) is 5.97 Å². The second-order valence-electron chi connectivity index (χ2n) is 8.51. The Morgan fingerprint density at radius 1 is 1.12 bits per heavy atom. The maximum Gasteiger partial charge on any atom is 0.338 e. The lowest BCUT2D eigenvalue weighted by atomic mass is 9.52. The molecule has 0 unspecified atom stereocenters. The lowest BCUT2D eigenvalue weighted by molar-refractivity contribution is -0.0829. The molecular formula is C21H29NO2. The highest BCUT2D eigenvalue weighted by molar-refractivity contribution is 5.90. The third kappa shape index (κ3) is 2.88. The van der Waals surface area contributed by atoms with Crippen LogP contribution in [0.1, 0.15) is 54.4 Å². The van der Waals surface area contributed by atoms with Crippen molar-refractivity contribution in [1.82, 2.24) is 4.90 Å². The van der Waals surface area contributed by atoms with E-state index < -0.39 is 0 Å². The highest BCUT2D eigenvalue weighted by atomic mass is 16.5. The molecule has 24 heavy (non-hydrogen) atoms. The van der Waals surface area contributed by atoms with Gasteiger partial charge in [-0.25, -0.2) is 4.79 Å². The summed E-state index contributed by atoms with van der Waals surface area (Å²) in [5.41, 5.74) is 2.07. The summed E-state index contributed by atoms with van der Waals surface area (Å²) < 4.78 is 5.56. The van der Waals surface area contributed by atoms with Crippen LogP contribution in [0.2, 0.25) is 0 Å². The van der Waals surface area contributed by atoms with E-state index in [9.17, 15) is 4.79 Å². The van der Waals surface area contributed by atoms with Crippen LogP contribution in [-0.2, 0) is 4.74 Å². The van der Waals surface area contributed by atoms with Gasteiger partial charge in [0.2, 0.25) is 0 Å². The zero-order valence-electron chi connectivity index (χ0n) is 15.0. The Kier molecular flexibility index (Phi) is 4.16. The van der Waals surface area contributed by atoms with Crippen molar-refractivity contribution in [3.05, 3.63) is 35.4 Å². The molecule has 1 aromatic carbocycles. The summed E-state index contributed by atoms with van der Waals surface area (Å²) in [6, 6.07) is 7.65. The number of likely N-dealkylation sites (N-methyl/N-ethyl adjacent to an activating group) is 1. The molecule has 0 N–H and O–H groups in total. The van der Waals surface area contributed by atoms with Crippen LogP contribution in [0.5, 0.6) is 0 Å². The van der Waals surface area contributed by atoms with Gasteiger partial charge in [0.25, 0.3) is 0 Å². The molecule has 0 atom stereocenters. The monoisotopic (exact) mass is 327 g/mol. The number of hydrogen-bond acceptors (Lipinski definition) is 3. The molecule has 0 radical (unpaired) electrons. The molecule has 0 aliphatic heterocycles. The van der Waals surface area contributed by atoms with Gasteiger partial charge in [0.15, 0.2) is 0 Å². The van der Waals surface area contributed by atoms with Crippen LogP contribution in [0.25, 0.3) is 0 Å². The minimum Gasteiger partial charge on any atom is -0.461 e. The number of hydrogen-bond donors (Lipinski definition) is 0. The lowest BCUT2D eigenvalue weighted by Crippen LogP contribution is -2.59. The fraction of sp³-hybridized carbons (Fsp3) is 0.667. The van der Waals surface area contributed by atoms with Gasteiger partial charge in [-0.05, 0) is 81.9 Å². The molecular weight excluding hydrogens is 298 g/mol. The molecule has 4 fully saturated rings. The first-order valence-corrected chi connectivity index (χ1v) is 9.50. The first kappa shape index (κ1) is 16.1. The molecule has 4 aliphatic rings. The van der Waals surface area contributed by atoms with E-state index in [4.69, 9.17) is 4.74 Å². The predicted molar refractivity (Wildman–Crippen MR) is 95.0 cm³/mol. The fourth-order valence-electron chi connectivity index (χ4n) is 5.92. The minimum absolute atomic E-state index is 0.188. The summed E-state index contributed by atoms with van der Waals surface area (Å²) in [5.74, 6) is 2.67. The van der Waals surface area contributed by atoms with Crippen molar-refractivity contribution in [2.24, 2.45) is 17.8 Å². The molecule has 0 aromatic heterocycles. The summed E-state index contributed by atoms with van der Waals surface area (Å²) in [4.78, 5) is 14.8. The Morgan fingerprint density at radius 3 is 2.29 bits per heavy atom.